The van der Waals surface area contributed by atoms with Crippen molar-refractivity contribution in [2.75, 3.05) is 43.3 Å². The van der Waals surface area contributed by atoms with E-state index in [0.29, 0.717) is 22.8 Å². The molecular formula is C19H30ClN3O3S. The van der Waals surface area contributed by atoms with Gasteiger partial charge in [-0.1, -0.05) is 30.5 Å². The quantitative estimate of drug-likeness (QED) is 0.663. The second kappa shape index (κ2) is 10.3. The van der Waals surface area contributed by atoms with Crippen molar-refractivity contribution in [2.24, 2.45) is 0 Å². The van der Waals surface area contributed by atoms with Gasteiger partial charge in [0.25, 0.3) is 0 Å². The molecule has 1 aromatic carbocycles. The van der Waals surface area contributed by atoms with Crippen LogP contribution in [-0.2, 0) is 14.8 Å². The molecule has 0 unspecified atom stereocenters. The van der Waals surface area contributed by atoms with Crippen molar-refractivity contribution in [1.29, 1.82) is 0 Å². The van der Waals surface area contributed by atoms with Crippen LogP contribution in [0.4, 0.5) is 5.69 Å². The minimum atomic E-state index is -3.60. The van der Waals surface area contributed by atoms with Gasteiger partial charge in [-0.25, -0.2) is 8.42 Å². The monoisotopic (exact) mass is 415 g/mol. The van der Waals surface area contributed by atoms with Crippen LogP contribution in [0.2, 0.25) is 5.02 Å². The van der Waals surface area contributed by atoms with Crippen molar-refractivity contribution in [2.45, 2.75) is 39.0 Å². The van der Waals surface area contributed by atoms with Crippen LogP contribution in [0.1, 0.15) is 37.7 Å². The number of likely N-dealkylation sites (tertiary alicyclic amines) is 1. The lowest BCUT2D eigenvalue weighted by Gasteiger charge is -2.24. The van der Waals surface area contributed by atoms with E-state index >= 15 is 0 Å². The summed E-state index contributed by atoms with van der Waals surface area (Å²) in [7, 11) is -3.60. The zero-order chi connectivity index (χ0) is 19.9. The number of benzene rings is 1. The predicted molar refractivity (Wildman–Crippen MR) is 111 cm³/mol. The first kappa shape index (κ1) is 22.0. The number of nitrogens with zero attached hydrogens (tertiary/aromatic N) is 2. The van der Waals surface area contributed by atoms with Crippen molar-refractivity contribution >= 4 is 33.2 Å². The predicted octanol–water partition coefficient (Wildman–Crippen LogP) is 2.80. The van der Waals surface area contributed by atoms with E-state index in [4.69, 9.17) is 11.6 Å². The largest absolute Gasteiger partial charge is 0.354 e. The topological polar surface area (TPSA) is 69.7 Å². The number of amides is 1. The molecule has 8 heteroatoms. The summed E-state index contributed by atoms with van der Waals surface area (Å²) in [5.74, 6) is -0.310. The minimum Gasteiger partial charge on any atom is -0.354 e. The van der Waals surface area contributed by atoms with E-state index in [-0.39, 0.29) is 12.5 Å². The molecule has 1 heterocycles. The van der Waals surface area contributed by atoms with Crippen LogP contribution in [0.3, 0.4) is 0 Å². The van der Waals surface area contributed by atoms with Gasteiger partial charge in [0.1, 0.15) is 6.54 Å². The standard InChI is InChI=1S/C19H30ClN3O3S/c1-16-17(20)9-7-10-18(16)23(27(2,25)26)15-19(24)21-11-8-14-22-12-5-3-4-6-13-22/h7,9-10H,3-6,8,11-15H2,1-2H3,(H,21,24). The van der Waals surface area contributed by atoms with E-state index < -0.39 is 10.0 Å². The number of carbonyl (C=O) groups is 1. The number of rotatable bonds is 8. The van der Waals surface area contributed by atoms with Gasteiger partial charge in [0, 0.05) is 11.6 Å². The van der Waals surface area contributed by atoms with Crippen LogP contribution in [-0.4, -0.2) is 58.2 Å². The number of anilines is 1. The van der Waals surface area contributed by atoms with Crippen LogP contribution >= 0.6 is 11.6 Å². The van der Waals surface area contributed by atoms with E-state index in [1.807, 2.05) is 0 Å². The Morgan fingerprint density at radius 1 is 1.22 bits per heavy atom. The van der Waals surface area contributed by atoms with E-state index in [1.165, 1.54) is 25.7 Å². The van der Waals surface area contributed by atoms with Crippen molar-refractivity contribution in [1.82, 2.24) is 10.2 Å². The highest BCUT2D eigenvalue weighted by molar-refractivity contribution is 7.92. The van der Waals surface area contributed by atoms with Crippen LogP contribution in [0.5, 0.6) is 0 Å². The molecule has 0 aliphatic carbocycles. The van der Waals surface area contributed by atoms with E-state index in [9.17, 15) is 13.2 Å². The highest BCUT2D eigenvalue weighted by Crippen LogP contribution is 2.27. The molecule has 1 aliphatic heterocycles. The second-order valence-corrected chi connectivity index (χ2v) is 9.43. The number of hydrogen-bond acceptors (Lipinski definition) is 4. The second-order valence-electron chi connectivity index (χ2n) is 7.11. The Hall–Kier alpha value is -1.31. The molecule has 1 aliphatic rings. The molecule has 0 atom stereocenters. The third-order valence-electron chi connectivity index (χ3n) is 4.87. The van der Waals surface area contributed by atoms with Gasteiger partial charge in [-0.2, -0.15) is 0 Å². The maximum absolute atomic E-state index is 12.3. The molecule has 0 bridgehead atoms. The van der Waals surface area contributed by atoms with Crippen LogP contribution in [0.25, 0.3) is 0 Å². The molecule has 0 aromatic heterocycles. The summed E-state index contributed by atoms with van der Waals surface area (Å²) < 4.78 is 25.5. The van der Waals surface area contributed by atoms with Gasteiger partial charge >= 0.3 is 0 Å². The summed E-state index contributed by atoms with van der Waals surface area (Å²) in [6, 6.07) is 5.04. The fraction of sp³-hybridized carbons (Fsp3) is 0.632. The highest BCUT2D eigenvalue weighted by Gasteiger charge is 2.23. The Labute approximate surface area is 167 Å². The van der Waals surface area contributed by atoms with Crippen molar-refractivity contribution in [3.63, 3.8) is 0 Å². The third-order valence-corrected chi connectivity index (χ3v) is 6.40. The van der Waals surface area contributed by atoms with Gasteiger partial charge in [0.2, 0.25) is 15.9 Å². The molecule has 0 radical (unpaired) electrons. The summed E-state index contributed by atoms with van der Waals surface area (Å²) in [5.41, 5.74) is 1.07. The summed E-state index contributed by atoms with van der Waals surface area (Å²) in [6.45, 7) is 5.26. The lowest BCUT2D eigenvalue weighted by Crippen LogP contribution is -2.41. The average Bonchev–Trinajstić information content (AvgIpc) is 2.87. The van der Waals surface area contributed by atoms with Crippen LogP contribution in [0, 0.1) is 6.92 Å². The molecule has 1 saturated heterocycles. The molecule has 6 nitrogen and oxygen atoms in total. The first-order chi connectivity index (χ1) is 12.8. The normalized spacial score (nSPS) is 16.0. The molecule has 2 rings (SSSR count). The molecule has 1 amide bonds. The zero-order valence-electron chi connectivity index (χ0n) is 16.2. The molecular weight excluding hydrogens is 386 g/mol. The fourth-order valence-electron chi connectivity index (χ4n) is 3.32. The molecule has 27 heavy (non-hydrogen) atoms. The maximum atomic E-state index is 12.3. The lowest BCUT2D eigenvalue weighted by molar-refractivity contribution is -0.119. The summed E-state index contributed by atoms with van der Waals surface area (Å²) in [4.78, 5) is 14.8. The van der Waals surface area contributed by atoms with Gasteiger partial charge in [0.05, 0.1) is 11.9 Å². The van der Waals surface area contributed by atoms with E-state index in [1.54, 1.807) is 25.1 Å². The Morgan fingerprint density at radius 2 is 1.89 bits per heavy atom. The van der Waals surface area contributed by atoms with Gasteiger partial charge in [-0.15, -0.1) is 0 Å². The fourth-order valence-corrected chi connectivity index (χ4v) is 4.40. The van der Waals surface area contributed by atoms with E-state index in [2.05, 4.69) is 10.2 Å². The maximum Gasteiger partial charge on any atom is 0.240 e. The Morgan fingerprint density at radius 3 is 2.52 bits per heavy atom. The number of nitrogens with one attached hydrogen (secondary N) is 1. The van der Waals surface area contributed by atoms with Crippen LogP contribution < -0.4 is 9.62 Å². The number of sulfonamides is 1. The molecule has 0 saturated carbocycles. The number of halogens is 1. The Bertz CT molecular complexity index is 732. The smallest absolute Gasteiger partial charge is 0.240 e. The third kappa shape index (κ3) is 6.97. The summed E-state index contributed by atoms with van der Waals surface area (Å²) >= 11 is 6.11. The Balaban J connectivity index is 1.88. The van der Waals surface area contributed by atoms with Crippen molar-refractivity contribution in [3.05, 3.63) is 28.8 Å². The first-order valence-corrected chi connectivity index (χ1v) is 11.7. The highest BCUT2D eigenvalue weighted by atomic mass is 35.5. The lowest BCUT2D eigenvalue weighted by atomic mass is 10.2. The number of hydrogen-bond donors (Lipinski definition) is 1. The van der Waals surface area contributed by atoms with Crippen LogP contribution in [0.15, 0.2) is 18.2 Å². The van der Waals surface area contributed by atoms with Gasteiger partial charge in [0.15, 0.2) is 0 Å². The minimum absolute atomic E-state index is 0.246. The van der Waals surface area contributed by atoms with Gasteiger partial charge in [-0.3, -0.25) is 9.10 Å². The van der Waals surface area contributed by atoms with Gasteiger partial charge in [-0.05, 0) is 63.5 Å². The first-order valence-electron chi connectivity index (χ1n) is 9.51. The molecule has 1 aromatic rings. The summed E-state index contributed by atoms with van der Waals surface area (Å²) in [5, 5.41) is 3.31. The van der Waals surface area contributed by atoms with Crippen molar-refractivity contribution < 1.29 is 13.2 Å². The van der Waals surface area contributed by atoms with Gasteiger partial charge < -0.3 is 10.2 Å². The molecule has 152 valence electrons. The zero-order valence-corrected chi connectivity index (χ0v) is 17.8. The molecule has 1 N–H and O–H groups in total. The Kier molecular flexibility index (Phi) is 8.38. The summed E-state index contributed by atoms with van der Waals surface area (Å²) in [6.07, 6.45) is 7.05. The number of carbonyl (C=O) groups excluding carboxylic acids is 1. The van der Waals surface area contributed by atoms with Crippen molar-refractivity contribution in [3.8, 4) is 0 Å². The van der Waals surface area contributed by atoms with E-state index in [0.717, 1.165) is 36.6 Å². The molecule has 1 fully saturated rings. The average molecular weight is 416 g/mol. The molecule has 0 spiro atoms. The SMILES string of the molecule is Cc1c(Cl)cccc1N(CC(=O)NCCCN1CCCCCC1)S(C)(=O)=O.